The van der Waals surface area contributed by atoms with Gasteiger partial charge in [0.15, 0.2) is 0 Å². The highest BCUT2D eigenvalue weighted by Crippen LogP contribution is 2.17. The predicted molar refractivity (Wildman–Crippen MR) is 89.7 cm³/mol. The Labute approximate surface area is 131 Å². The number of rotatable bonds is 12. The first-order valence-electron chi connectivity index (χ1n) is 8.53. The van der Waals surface area contributed by atoms with E-state index >= 15 is 0 Å². The topological polar surface area (TPSA) is 52.6 Å². The van der Waals surface area contributed by atoms with Crippen molar-refractivity contribution < 1.29 is 9.90 Å². The fraction of sp³-hybridized carbons (Fsp3) is 0.941. The summed E-state index contributed by atoms with van der Waals surface area (Å²) < 4.78 is 0. The van der Waals surface area contributed by atoms with Crippen molar-refractivity contribution in [3.8, 4) is 0 Å². The van der Waals surface area contributed by atoms with Crippen molar-refractivity contribution in [1.29, 1.82) is 0 Å². The van der Waals surface area contributed by atoms with Crippen molar-refractivity contribution in [2.45, 2.75) is 78.8 Å². The summed E-state index contributed by atoms with van der Waals surface area (Å²) in [5.74, 6) is -0.104. The smallest absolute Gasteiger partial charge is 0.323 e. The molecule has 0 aliphatic carbocycles. The van der Waals surface area contributed by atoms with Gasteiger partial charge < -0.3 is 15.3 Å². The quantitative estimate of drug-likeness (QED) is 0.580. The third-order valence-corrected chi connectivity index (χ3v) is 4.22. The molecule has 0 aromatic carbocycles. The van der Waals surface area contributed by atoms with E-state index in [4.69, 9.17) is 0 Å². The average molecular weight is 300 g/mol. The van der Waals surface area contributed by atoms with E-state index in [9.17, 15) is 9.90 Å². The zero-order chi connectivity index (χ0) is 16.5. The largest absolute Gasteiger partial charge is 0.480 e. The van der Waals surface area contributed by atoms with Crippen molar-refractivity contribution in [3.63, 3.8) is 0 Å². The summed E-state index contributed by atoms with van der Waals surface area (Å²) in [6, 6.07) is 0.614. The highest BCUT2D eigenvalue weighted by Gasteiger charge is 2.31. The fourth-order valence-corrected chi connectivity index (χ4v) is 2.99. The van der Waals surface area contributed by atoms with Crippen LogP contribution >= 0.6 is 0 Å². The lowest BCUT2D eigenvalue weighted by molar-refractivity contribution is -0.144. The molecule has 0 spiro atoms. The number of hydrogen-bond acceptors (Lipinski definition) is 3. The van der Waals surface area contributed by atoms with E-state index in [1.54, 1.807) is 6.92 Å². The molecule has 0 saturated heterocycles. The van der Waals surface area contributed by atoms with Crippen LogP contribution in [-0.2, 0) is 4.79 Å². The number of likely N-dealkylation sites (N-methyl/N-ethyl adjacent to an activating group) is 1. The third kappa shape index (κ3) is 7.28. The molecule has 2 N–H and O–H groups in total. The number of nitrogens with zero attached hydrogens (tertiary/aromatic N) is 1. The van der Waals surface area contributed by atoms with Gasteiger partial charge >= 0.3 is 5.97 Å². The van der Waals surface area contributed by atoms with Crippen molar-refractivity contribution in [1.82, 2.24) is 10.2 Å². The van der Waals surface area contributed by atoms with Crippen LogP contribution in [0.1, 0.15) is 67.2 Å². The molecule has 0 saturated carbocycles. The molecule has 21 heavy (non-hydrogen) atoms. The van der Waals surface area contributed by atoms with Crippen LogP contribution in [0.25, 0.3) is 0 Å². The Bertz CT molecular complexity index is 291. The summed E-state index contributed by atoms with van der Waals surface area (Å²) in [6.07, 6.45) is 3.91. The summed E-state index contributed by atoms with van der Waals surface area (Å²) in [5.41, 5.74) is -0.799. The number of carboxylic acids is 1. The van der Waals surface area contributed by atoms with Crippen molar-refractivity contribution in [2.75, 3.05) is 19.6 Å². The first kappa shape index (κ1) is 20.4. The molecule has 4 nitrogen and oxygen atoms in total. The second-order valence-corrected chi connectivity index (χ2v) is 6.63. The van der Waals surface area contributed by atoms with Crippen LogP contribution in [0.2, 0.25) is 0 Å². The second kappa shape index (κ2) is 10.2. The van der Waals surface area contributed by atoms with Gasteiger partial charge in [-0.25, -0.2) is 0 Å². The lowest BCUT2D eigenvalue weighted by Gasteiger charge is -2.33. The maximum Gasteiger partial charge on any atom is 0.323 e. The highest BCUT2D eigenvalue weighted by atomic mass is 16.4. The molecule has 0 amide bonds. The molecule has 0 aromatic heterocycles. The Hall–Kier alpha value is -0.610. The third-order valence-electron chi connectivity index (χ3n) is 4.22. The Morgan fingerprint density at radius 1 is 1.24 bits per heavy atom. The minimum atomic E-state index is -0.799. The molecule has 0 heterocycles. The zero-order valence-corrected chi connectivity index (χ0v) is 14.9. The first-order chi connectivity index (χ1) is 9.80. The molecule has 1 unspecified atom stereocenters. The maximum absolute atomic E-state index is 11.4. The second-order valence-electron chi connectivity index (χ2n) is 6.63. The van der Waals surface area contributed by atoms with E-state index in [0.717, 1.165) is 32.4 Å². The van der Waals surface area contributed by atoms with Gasteiger partial charge in [-0.3, -0.25) is 4.79 Å². The normalized spacial score (nSPS) is 14.9. The number of nitrogens with one attached hydrogen (secondary N) is 1. The van der Waals surface area contributed by atoms with Crippen molar-refractivity contribution in [3.05, 3.63) is 0 Å². The fourth-order valence-electron chi connectivity index (χ4n) is 2.99. The van der Waals surface area contributed by atoms with E-state index in [1.165, 1.54) is 0 Å². The Morgan fingerprint density at radius 2 is 1.81 bits per heavy atom. The Kier molecular flexibility index (Phi) is 9.88. The van der Waals surface area contributed by atoms with Crippen LogP contribution in [0.15, 0.2) is 0 Å². The molecular weight excluding hydrogens is 264 g/mol. The summed E-state index contributed by atoms with van der Waals surface area (Å²) in [7, 11) is 0. The monoisotopic (exact) mass is 300 g/mol. The molecule has 0 aliphatic rings. The van der Waals surface area contributed by atoms with E-state index in [2.05, 4.69) is 37.9 Å². The van der Waals surface area contributed by atoms with Gasteiger partial charge in [-0.1, -0.05) is 34.6 Å². The Morgan fingerprint density at radius 3 is 2.19 bits per heavy atom. The summed E-state index contributed by atoms with van der Waals surface area (Å²) >= 11 is 0. The number of aliphatic carboxylic acids is 1. The molecule has 4 heteroatoms. The van der Waals surface area contributed by atoms with Gasteiger partial charge in [0.1, 0.15) is 5.54 Å². The van der Waals surface area contributed by atoms with E-state index in [-0.39, 0.29) is 0 Å². The molecule has 0 aromatic rings. The lowest BCUT2D eigenvalue weighted by Crippen LogP contribution is -2.50. The highest BCUT2D eigenvalue weighted by molar-refractivity contribution is 5.78. The van der Waals surface area contributed by atoms with Crippen LogP contribution < -0.4 is 5.32 Å². The Balaban J connectivity index is 4.56. The van der Waals surface area contributed by atoms with Crippen LogP contribution in [0.4, 0.5) is 0 Å². The minimum Gasteiger partial charge on any atom is -0.480 e. The predicted octanol–water partition coefficient (Wildman–Crippen LogP) is 3.37. The first-order valence-corrected chi connectivity index (χ1v) is 8.53. The SMILES string of the molecule is CCNC(C)(CCCN(CC(C)C)C(CC)CC)C(=O)O. The molecule has 0 bridgehead atoms. The van der Waals surface area contributed by atoms with E-state index in [0.29, 0.717) is 24.9 Å². The van der Waals surface area contributed by atoms with Crippen molar-refractivity contribution in [2.24, 2.45) is 5.92 Å². The molecule has 0 radical (unpaired) electrons. The van der Waals surface area contributed by atoms with Gasteiger partial charge in [0.25, 0.3) is 0 Å². The summed E-state index contributed by atoms with van der Waals surface area (Å²) in [6.45, 7) is 15.5. The van der Waals surface area contributed by atoms with Gasteiger partial charge in [0.2, 0.25) is 0 Å². The van der Waals surface area contributed by atoms with Crippen LogP contribution in [0, 0.1) is 5.92 Å². The van der Waals surface area contributed by atoms with Crippen molar-refractivity contribution >= 4 is 5.97 Å². The molecular formula is C17H36N2O2. The van der Waals surface area contributed by atoms with Gasteiger partial charge in [0, 0.05) is 12.6 Å². The van der Waals surface area contributed by atoms with Crippen LogP contribution in [0.3, 0.4) is 0 Å². The summed E-state index contributed by atoms with van der Waals surface area (Å²) in [5, 5.41) is 12.5. The van der Waals surface area contributed by atoms with Gasteiger partial charge in [-0.2, -0.15) is 0 Å². The summed E-state index contributed by atoms with van der Waals surface area (Å²) in [4.78, 5) is 14.0. The lowest BCUT2D eigenvalue weighted by atomic mass is 9.95. The minimum absolute atomic E-state index is 0.614. The van der Waals surface area contributed by atoms with Gasteiger partial charge in [-0.15, -0.1) is 0 Å². The molecule has 0 aliphatic heterocycles. The van der Waals surface area contributed by atoms with E-state index < -0.39 is 11.5 Å². The molecule has 1 atom stereocenters. The standard InChI is InChI=1S/C17H36N2O2/c1-7-15(8-2)19(13-14(4)5)12-10-11-17(6,16(20)21)18-9-3/h14-15,18H,7-13H2,1-6H3,(H,20,21). The van der Waals surface area contributed by atoms with Gasteiger partial charge in [0.05, 0.1) is 0 Å². The zero-order valence-electron chi connectivity index (χ0n) is 14.9. The van der Waals surface area contributed by atoms with Gasteiger partial charge in [-0.05, 0) is 51.6 Å². The molecule has 0 fully saturated rings. The van der Waals surface area contributed by atoms with E-state index in [1.807, 2.05) is 6.92 Å². The van der Waals surface area contributed by atoms with Crippen LogP contribution in [0.5, 0.6) is 0 Å². The molecule has 126 valence electrons. The average Bonchev–Trinajstić information content (AvgIpc) is 2.39. The number of hydrogen-bond donors (Lipinski definition) is 2. The van der Waals surface area contributed by atoms with Crippen LogP contribution in [-0.4, -0.2) is 47.2 Å². The number of carbonyl (C=O) groups is 1. The number of carboxylic acid groups (broad SMARTS) is 1. The maximum atomic E-state index is 11.4. The molecule has 0 rings (SSSR count).